The molecule has 2 amide bonds. The molecule has 122 valence electrons. The first-order chi connectivity index (χ1) is 10.9. The van der Waals surface area contributed by atoms with E-state index in [0.29, 0.717) is 16.3 Å². The van der Waals surface area contributed by atoms with Gasteiger partial charge in [-0.25, -0.2) is 9.18 Å². The number of hydrogen-bond acceptors (Lipinski definition) is 2. The molecule has 0 aliphatic heterocycles. The minimum atomic E-state index is -0.970. The summed E-state index contributed by atoms with van der Waals surface area (Å²) in [5.74, 6) is -0.378. The Kier molecular flexibility index (Phi) is 5.58. The summed E-state index contributed by atoms with van der Waals surface area (Å²) in [6, 6.07) is 12.7. The number of urea groups is 1. The van der Waals surface area contributed by atoms with E-state index in [4.69, 9.17) is 16.3 Å². The Labute approximate surface area is 139 Å². The summed E-state index contributed by atoms with van der Waals surface area (Å²) < 4.78 is 19.4. The van der Waals surface area contributed by atoms with E-state index in [1.54, 1.807) is 49.4 Å². The third-order valence-electron chi connectivity index (χ3n) is 3.58. The molecule has 6 heteroatoms. The number of amides is 2. The van der Waals surface area contributed by atoms with Gasteiger partial charge in [0.25, 0.3) is 0 Å². The number of carbonyl (C=O) groups is 1. The Balaban J connectivity index is 2.01. The molecule has 2 rings (SSSR count). The highest BCUT2D eigenvalue weighted by Gasteiger charge is 2.29. The standard InChI is InChI=1S/C17H18ClFN2O2/c1-17(23-2,14-5-3-4-6-15(14)19)11-20-16(22)21-13-9-7-12(18)8-10-13/h3-10H,11H2,1-2H3,(H2,20,21,22). The first-order valence-electron chi connectivity index (χ1n) is 7.05. The Morgan fingerprint density at radius 1 is 1.22 bits per heavy atom. The molecule has 0 heterocycles. The minimum absolute atomic E-state index is 0.115. The zero-order valence-corrected chi connectivity index (χ0v) is 13.7. The Hall–Kier alpha value is -2.11. The SMILES string of the molecule is COC(C)(CNC(=O)Nc1ccc(Cl)cc1)c1ccccc1F. The van der Waals surface area contributed by atoms with E-state index < -0.39 is 11.6 Å². The van der Waals surface area contributed by atoms with Crippen molar-refractivity contribution < 1.29 is 13.9 Å². The molecule has 1 unspecified atom stereocenters. The molecular formula is C17H18ClFN2O2. The Morgan fingerprint density at radius 2 is 1.87 bits per heavy atom. The van der Waals surface area contributed by atoms with Gasteiger partial charge in [0.15, 0.2) is 0 Å². The van der Waals surface area contributed by atoms with Gasteiger partial charge in [0, 0.05) is 23.4 Å². The summed E-state index contributed by atoms with van der Waals surface area (Å²) in [5, 5.41) is 5.95. The third kappa shape index (κ3) is 4.43. The normalized spacial score (nSPS) is 13.2. The fraction of sp³-hybridized carbons (Fsp3) is 0.235. The maximum atomic E-state index is 14.0. The summed E-state index contributed by atoms with van der Waals surface area (Å²) in [4.78, 5) is 12.0. The number of methoxy groups -OCH3 is 1. The molecule has 0 saturated carbocycles. The third-order valence-corrected chi connectivity index (χ3v) is 3.83. The van der Waals surface area contributed by atoms with Crippen molar-refractivity contribution in [2.24, 2.45) is 0 Å². The maximum Gasteiger partial charge on any atom is 0.319 e. The smallest absolute Gasteiger partial charge is 0.319 e. The largest absolute Gasteiger partial charge is 0.372 e. The number of nitrogens with one attached hydrogen (secondary N) is 2. The van der Waals surface area contributed by atoms with Crippen LogP contribution >= 0.6 is 11.6 Å². The number of benzene rings is 2. The van der Waals surface area contributed by atoms with Crippen LogP contribution in [0, 0.1) is 5.82 Å². The number of rotatable bonds is 5. The molecule has 0 bridgehead atoms. The molecule has 23 heavy (non-hydrogen) atoms. The van der Waals surface area contributed by atoms with E-state index >= 15 is 0 Å². The molecule has 4 nitrogen and oxygen atoms in total. The van der Waals surface area contributed by atoms with Gasteiger partial charge >= 0.3 is 6.03 Å². The van der Waals surface area contributed by atoms with Crippen molar-refractivity contribution in [3.8, 4) is 0 Å². The number of carbonyl (C=O) groups excluding carboxylic acids is 1. The zero-order chi connectivity index (χ0) is 16.9. The number of hydrogen-bond donors (Lipinski definition) is 2. The predicted octanol–water partition coefficient (Wildman–Crippen LogP) is 4.16. The first kappa shape index (κ1) is 17.2. The van der Waals surface area contributed by atoms with Crippen LogP contribution in [0.5, 0.6) is 0 Å². The van der Waals surface area contributed by atoms with Gasteiger partial charge in [-0.15, -0.1) is 0 Å². The van der Waals surface area contributed by atoms with E-state index in [-0.39, 0.29) is 12.4 Å². The van der Waals surface area contributed by atoms with Crippen molar-refractivity contribution in [3.05, 3.63) is 64.9 Å². The highest BCUT2D eigenvalue weighted by atomic mass is 35.5. The lowest BCUT2D eigenvalue weighted by Gasteiger charge is -2.29. The van der Waals surface area contributed by atoms with Crippen LogP contribution in [0.3, 0.4) is 0 Å². The van der Waals surface area contributed by atoms with E-state index in [0.717, 1.165) is 0 Å². The van der Waals surface area contributed by atoms with Crippen LogP contribution in [0.4, 0.5) is 14.9 Å². The first-order valence-corrected chi connectivity index (χ1v) is 7.43. The van der Waals surface area contributed by atoms with Gasteiger partial charge in [-0.1, -0.05) is 29.8 Å². The van der Waals surface area contributed by atoms with Gasteiger partial charge in [0.05, 0.1) is 6.54 Å². The highest BCUT2D eigenvalue weighted by Crippen LogP contribution is 2.26. The number of anilines is 1. The Morgan fingerprint density at radius 3 is 2.48 bits per heavy atom. The van der Waals surface area contributed by atoms with Gasteiger partial charge < -0.3 is 15.4 Å². The summed E-state index contributed by atoms with van der Waals surface area (Å²) in [6.07, 6.45) is 0. The minimum Gasteiger partial charge on any atom is -0.372 e. The lowest BCUT2D eigenvalue weighted by atomic mass is 9.95. The maximum absolute atomic E-state index is 14.0. The second kappa shape index (κ2) is 7.44. The molecular weight excluding hydrogens is 319 g/mol. The van der Waals surface area contributed by atoms with Gasteiger partial charge in [0.2, 0.25) is 0 Å². The van der Waals surface area contributed by atoms with E-state index in [2.05, 4.69) is 10.6 Å². The molecule has 2 N–H and O–H groups in total. The van der Waals surface area contributed by atoms with Crippen molar-refractivity contribution >= 4 is 23.3 Å². The highest BCUT2D eigenvalue weighted by molar-refractivity contribution is 6.30. The molecule has 0 fully saturated rings. The molecule has 0 saturated heterocycles. The monoisotopic (exact) mass is 336 g/mol. The van der Waals surface area contributed by atoms with E-state index in [1.165, 1.54) is 13.2 Å². The van der Waals surface area contributed by atoms with Crippen LogP contribution < -0.4 is 10.6 Å². The lowest BCUT2D eigenvalue weighted by Crippen LogP contribution is -2.42. The fourth-order valence-electron chi connectivity index (χ4n) is 2.12. The second-order valence-electron chi connectivity index (χ2n) is 5.23. The predicted molar refractivity (Wildman–Crippen MR) is 89.2 cm³/mol. The molecule has 0 spiro atoms. The van der Waals surface area contributed by atoms with Crippen molar-refractivity contribution in [3.63, 3.8) is 0 Å². The van der Waals surface area contributed by atoms with Crippen molar-refractivity contribution in [2.45, 2.75) is 12.5 Å². The fourth-order valence-corrected chi connectivity index (χ4v) is 2.25. The molecule has 0 radical (unpaired) electrons. The Bertz CT molecular complexity index is 679. The van der Waals surface area contributed by atoms with Crippen LogP contribution in [0.2, 0.25) is 5.02 Å². The van der Waals surface area contributed by atoms with Crippen LogP contribution in [0.25, 0.3) is 0 Å². The van der Waals surface area contributed by atoms with E-state index in [1.807, 2.05) is 0 Å². The quantitative estimate of drug-likeness (QED) is 0.861. The molecule has 1 atom stereocenters. The van der Waals surface area contributed by atoms with Gasteiger partial charge in [-0.3, -0.25) is 0 Å². The van der Waals surface area contributed by atoms with Crippen LogP contribution in [0.15, 0.2) is 48.5 Å². The lowest BCUT2D eigenvalue weighted by molar-refractivity contribution is 0.00235. The van der Waals surface area contributed by atoms with Crippen LogP contribution in [0.1, 0.15) is 12.5 Å². The zero-order valence-electron chi connectivity index (χ0n) is 12.9. The van der Waals surface area contributed by atoms with Crippen molar-refractivity contribution in [1.82, 2.24) is 5.32 Å². The summed E-state index contributed by atoms with van der Waals surface area (Å²) in [7, 11) is 1.48. The van der Waals surface area contributed by atoms with Gasteiger partial charge in [0.1, 0.15) is 11.4 Å². The van der Waals surface area contributed by atoms with Gasteiger partial charge in [-0.05, 0) is 37.3 Å². The second-order valence-corrected chi connectivity index (χ2v) is 5.67. The summed E-state index contributed by atoms with van der Waals surface area (Å²) >= 11 is 5.79. The van der Waals surface area contributed by atoms with Crippen LogP contribution in [-0.2, 0) is 10.3 Å². The molecule has 2 aromatic carbocycles. The molecule has 2 aromatic rings. The molecule has 0 aromatic heterocycles. The summed E-state index contributed by atoms with van der Waals surface area (Å²) in [6.45, 7) is 1.83. The number of ether oxygens (including phenoxy) is 1. The average molecular weight is 337 g/mol. The van der Waals surface area contributed by atoms with Crippen molar-refractivity contribution in [1.29, 1.82) is 0 Å². The van der Waals surface area contributed by atoms with Crippen molar-refractivity contribution in [2.75, 3.05) is 19.0 Å². The topological polar surface area (TPSA) is 50.4 Å². The van der Waals surface area contributed by atoms with Crippen LogP contribution in [-0.4, -0.2) is 19.7 Å². The average Bonchev–Trinajstić information content (AvgIpc) is 2.55. The number of halogens is 2. The molecule has 0 aliphatic rings. The molecule has 0 aliphatic carbocycles. The van der Waals surface area contributed by atoms with Gasteiger partial charge in [-0.2, -0.15) is 0 Å². The van der Waals surface area contributed by atoms with E-state index in [9.17, 15) is 9.18 Å². The summed E-state index contributed by atoms with van der Waals surface area (Å²) in [5.41, 5.74) is 0.0223.